The van der Waals surface area contributed by atoms with Gasteiger partial charge in [-0.3, -0.25) is 9.01 Å². The van der Waals surface area contributed by atoms with Crippen LogP contribution in [0.15, 0.2) is 12.2 Å². The zero-order chi connectivity index (χ0) is 17.2. The molecule has 0 fully saturated rings. The number of phosphoric ester groups is 1. The first-order chi connectivity index (χ1) is 10.2. The molecule has 10 nitrogen and oxygen atoms in total. The van der Waals surface area contributed by atoms with Crippen LogP contribution in [0.25, 0.3) is 0 Å². The second kappa shape index (κ2) is 10.0. The van der Waals surface area contributed by atoms with E-state index in [2.05, 4.69) is 4.52 Å². The Morgan fingerprint density at radius 3 is 2.18 bits per heavy atom. The molecule has 0 aliphatic heterocycles. The predicted molar refractivity (Wildman–Crippen MR) is 73.7 cm³/mol. The third-order valence-corrected chi connectivity index (χ3v) is 3.54. The van der Waals surface area contributed by atoms with E-state index in [4.69, 9.17) is 14.5 Å². The van der Waals surface area contributed by atoms with Gasteiger partial charge in [0.1, 0.15) is 12.6 Å². The molecule has 0 radical (unpaired) electrons. The molecule has 11 heteroatoms. The molecule has 0 heterocycles. The summed E-state index contributed by atoms with van der Waals surface area (Å²) in [5.41, 5.74) is 0. The second-order valence-corrected chi connectivity index (χ2v) is 5.78. The molecule has 22 heavy (non-hydrogen) atoms. The Hall–Kier alpha value is -0.840. The predicted octanol–water partition coefficient (Wildman–Crippen LogP) is -1.36. The number of aliphatic hydroxyl groups excluding tert-OH is 3. The monoisotopic (exact) mass is 344 g/mol. The van der Waals surface area contributed by atoms with E-state index < -0.39 is 51.1 Å². The van der Waals surface area contributed by atoms with Gasteiger partial charge in [0.15, 0.2) is 20.2 Å². The smallest absolute Gasteiger partial charge is 0.462 e. The fourth-order valence-electron chi connectivity index (χ4n) is 1.66. The Morgan fingerprint density at radius 1 is 1.23 bits per heavy atom. The van der Waals surface area contributed by atoms with Gasteiger partial charge in [0.05, 0.1) is 6.61 Å². The van der Waals surface area contributed by atoms with Crippen molar-refractivity contribution in [2.24, 2.45) is 0 Å². The quantitative estimate of drug-likeness (QED) is 0.100. The second-order valence-electron chi connectivity index (χ2n) is 4.54. The summed E-state index contributed by atoms with van der Waals surface area (Å²) in [6.45, 7) is -1.13. The summed E-state index contributed by atoms with van der Waals surface area (Å²) >= 11 is 0. The van der Waals surface area contributed by atoms with Crippen molar-refractivity contribution in [3.8, 4) is 0 Å². The molecule has 0 saturated carbocycles. The first-order valence-electron chi connectivity index (χ1n) is 6.42. The normalized spacial score (nSPS) is 14.3. The number of rotatable bonds is 11. The average molecular weight is 344 g/mol. The number of ether oxygens (including phenoxy) is 1. The van der Waals surface area contributed by atoms with E-state index in [1.54, 1.807) is 6.92 Å². The SMILES string of the molecule is CC=CC(=O)OCCC(COP(=O)(O)O)[N+](CO)(CO)CO. The van der Waals surface area contributed by atoms with Crippen LogP contribution in [0, 0.1) is 0 Å². The van der Waals surface area contributed by atoms with Crippen molar-refractivity contribution >= 4 is 13.8 Å². The maximum absolute atomic E-state index is 11.2. The molecular weight excluding hydrogens is 321 g/mol. The van der Waals surface area contributed by atoms with Gasteiger partial charge in [0, 0.05) is 12.5 Å². The minimum absolute atomic E-state index is 0.00493. The van der Waals surface area contributed by atoms with E-state index in [0.29, 0.717) is 0 Å². The Balaban J connectivity index is 4.85. The molecule has 0 aliphatic carbocycles. The van der Waals surface area contributed by atoms with Crippen molar-refractivity contribution in [3.05, 3.63) is 12.2 Å². The van der Waals surface area contributed by atoms with Crippen molar-refractivity contribution in [1.29, 1.82) is 0 Å². The minimum Gasteiger partial charge on any atom is -0.462 e. The van der Waals surface area contributed by atoms with Crippen molar-refractivity contribution < 1.29 is 48.2 Å². The molecule has 0 bridgehead atoms. The molecule has 5 N–H and O–H groups in total. The molecule has 1 unspecified atom stereocenters. The maximum atomic E-state index is 11.2. The molecule has 0 amide bonds. The highest BCUT2D eigenvalue weighted by molar-refractivity contribution is 7.46. The first-order valence-corrected chi connectivity index (χ1v) is 7.95. The number of aliphatic hydroxyl groups is 3. The Bertz CT molecular complexity index is 396. The molecule has 1 atom stereocenters. The number of quaternary nitrogens is 1. The molecule has 0 aromatic carbocycles. The van der Waals surface area contributed by atoms with Crippen LogP contribution in [0.2, 0.25) is 0 Å². The zero-order valence-electron chi connectivity index (χ0n) is 12.2. The Labute approximate surface area is 128 Å². The lowest BCUT2D eigenvalue weighted by Gasteiger charge is -2.39. The molecule has 0 rings (SSSR count). The maximum Gasteiger partial charge on any atom is 0.469 e. The molecule has 0 aromatic heterocycles. The Kier molecular flexibility index (Phi) is 9.65. The van der Waals surface area contributed by atoms with E-state index in [-0.39, 0.29) is 13.0 Å². The molecule has 0 saturated heterocycles. The van der Waals surface area contributed by atoms with Gasteiger partial charge in [-0.2, -0.15) is 0 Å². The molecular formula is C11H23NO9P+. The number of hydrogen-bond donors (Lipinski definition) is 5. The van der Waals surface area contributed by atoms with Crippen molar-refractivity contribution in [3.63, 3.8) is 0 Å². The lowest BCUT2D eigenvalue weighted by Crippen LogP contribution is -2.59. The summed E-state index contributed by atoms with van der Waals surface area (Å²) in [6.07, 6.45) is 2.67. The summed E-state index contributed by atoms with van der Waals surface area (Å²) in [5.74, 6) is -0.604. The van der Waals surface area contributed by atoms with Gasteiger partial charge in [0.25, 0.3) is 0 Å². The fraction of sp³-hybridized carbons (Fsp3) is 0.727. The topological polar surface area (TPSA) is 154 Å². The summed E-state index contributed by atoms with van der Waals surface area (Å²) in [5, 5.41) is 28.1. The van der Waals surface area contributed by atoms with Gasteiger partial charge >= 0.3 is 13.8 Å². The van der Waals surface area contributed by atoms with Crippen LogP contribution >= 0.6 is 7.82 Å². The molecule has 130 valence electrons. The summed E-state index contributed by atoms with van der Waals surface area (Å²) in [6, 6.07) is -0.897. The molecule has 0 spiro atoms. The van der Waals surface area contributed by atoms with Crippen LogP contribution in [-0.2, 0) is 18.6 Å². The number of hydrogen-bond acceptors (Lipinski definition) is 7. The summed E-state index contributed by atoms with van der Waals surface area (Å²) in [4.78, 5) is 28.6. The van der Waals surface area contributed by atoms with Crippen molar-refractivity contribution in [2.45, 2.75) is 19.4 Å². The highest BCUT2D eigenvalue weighted by Gasteiger charge is 2.37. The van der Waals surface area contributed by atoms with Crippen LogP contribution in [0.1, 0.15) is 13.3 Å². The third-order valence-electron chi connectivity index (χ3n) is 3.05. The van der Waals surface area contributed by atoms with Crippen LogP contribution < -0.4 is 0 Å². The lowest BCUT2D eigenvalue weighted by atomic mass is 10.1. The van der Waals surface area contributed by atoms with E-state index >= 15 is 0 Å². The van der Waals surface area contributed by atoms with Crippen LogP contribution in [0.5, 0.6) is 0 Å². The highest BCUT2D eigenvalue weighted by atomic mass is 31.2. The van der Waals surface area contributed by atoms with E-state index in [9.17, 15) is 24.7 Å². The van der Waals surface area contributed by atoms with Crippen LogP contribution in [-0.4, -0.2) is 75.0 Å². The average Bonchev–Trinajstić information content (AvgIpc) is 2.45. The number of carbonyl (C=O) groups excluding carboxylic acids is 1. The summed E-state index contributed by atoms with van der Waals surface area (Å²) in [7, 11) is -4.76. The van der Waals surface area contributed by atoms with Crippen molar-refractivity contribution in [1.82, 2.24) is 0 Å². The van der Waals surface area contributed by atoms with Crippen LogP contribution in [0.3, 0.4) is 0 Å². The van der Waals surface area contributed by atoms with Crippen molar-refractivity contribution in [2.75, 3.05) is 33.4 Å². The molecule has 0 aromatic rings. The van der Waals surface area contributed by atoms with Gasteiger partial charge in [-0.05, 0) is 6.92 Å². The number of phosphoric acid groups is 1. The van der Waals surface area contributed by atoms with Crippen LogP contribution in [0.4, 0.5) is 0 Å². The van der Waals surface area contributed by atoms with Gasteiger partial charge in [-0.1, -0.05) is 6.08 Å². The highest BCUT2D eigenvalue weighted by Crippen LogP contribution is 2.36. The van der Waals surface area contributed by atoms with E-state index in [1.165, 1.54) is 12.2 Å². The Morgan fingerprint density at radius 2 is 1.77 bits per heavy atom. The largest absolute Gasteiger partial charge is 0.469 e. The number of allylic oxidation sites excluding steroid dienone is 1. The zero-order valence-corrected chi connectivity index (χ0v) is 13.1. The lowest BCUT2D eigenvalue weighted by molar-refractivity contribution is -0.997. The van der Waals surface area contributed by atoms with Gasteiger partial charge < -0.3 is 29.8 Å². The van der Waals surface area contributed by atoms with Gasteiger partial charge in [0.2, 0.25) is 0 Å². The number of carbonyl (C=O) groups is 1. The minimum atomic E-state index is -4.76. The van der Waals surface area contributed by atoms with E-state index in [1.807, 2.05) is 0 Å². The van der Waals surface area contributed by atoms with Gasteiger partial charge in [-0.15, -0.1) is 0 Å². The number of esters is 1. The summed E-state index contributed by atoms with van der Waals surface area (Å²) < 4.78 is 19.3. The van der Waals surface area contributed by atoms with E-state index in [0.717, 1.165) is 0 Å². The molecule has 0 aliphatic rings. The standard InChI is InChI=1S/C11H22NO9P/c1-2-3-11(16)20-5-4-10(6-21-22(17,18)19)12(7-13,8-14)9-15/h2-3,10,13-15H,4-9H2,1H3,(H-,17,18,19)/p+1. The van der Waals surface area contributed by atoms with Gasteiger partial charge in [-0.25, -0.2) is 9.36 Å². The first kappa shape index (κ1) is 21.2. The third kappa shape index (κ3) is 7.43. The number of nitrogens with zero attached hydrogens (tertiary/aromatic N) is 1. The fourth-order valence-corrected chi connectivity index (χ4v) is 2.03.